The largest absolute Gasteiger partial charge is 0.493 e. The zero-order chi connectivity index (χ0) is 19.0. The highest BCUT2D eigenvalue weighted by molar-refractivity contribution is 5.67. The Balaban J connectivity index is 1.77. The molecule has 1 aromatic rings. The molecule has 1 spiro atoms. The van der Waals surface area contributed by atoms with Crippen LogP contribution in [-0.2, 0) is 21.3 Å². The Kier molecular flexibility index (Phi) is 3.70. The first-order valence-corrected chi connectivity index (χ1v) is 9.58. The summed E-state index contributed by atoms with van der Waals surface area (Å²) in [7, 11) is 5.44. The third kappa shape index (κ3) is 1.94. The van der Waals surface area contributed by atoms with Gasteiger partial charge in [0.2, 0.25) is 0 Å². The maximum absolute atomic E-state index is 11.4. The van der Waals surface area contributed by atoms with Gasteiger partial charge in [-0.3, -0.25) is 4.90 Å². The van der Waals surface area contributed by atoms with Gasteiger partial charge in [-0.15, -0.1) is 0 Å². The predicted octanol–water partition coefficient (Wildman–Crippen LogP) is 1.63. The van der Waals surface area contributed by atoms with Crippen LogP contribution in [0.2, 0.25) is 0 Å². The van der Waals surface area contributed by atoms with Gasteiger partial charge in [0.1, 0.15) is 24.6 Å². The van der Waals surface area contributed by atoms with Crippen molar-refractivity contribution in [3.8, 4) is 11.5 Å². The number of likely N-dealkylation sites (tertiary alicyclic amines) is 1. The van der Waals surface area contributed by atoms with E-state index in [1.54, 1.807) is 14.2 Å². The van der Waals surface area contributed by atoms with Crippen LogP contribution in [0.4, 0.5) is 0 Å². The van der Waals surface area contributed by atoms with Crippen molar-refractivity contribution in [2.24, 2.45) is 0 Å². The number of hydrogen-bond acceptors (Lipinski definition) is 6. The standard InChI is InChI=1S/C21H27NO5/c1-20-19(23)16(26-11-24-3)10-13-14-9-12-5-6-15(25-4)18(27-20)17(12)21(13,20)7-8-22(14)2/h5-6,10,14,16,19,23H,7-9,11H2,1-4H3/t14-,16-,19-,20+,21-/m1/s1. The number of ether oxygens (including phenoxy) is 4. The van der Waals surface area contributed by atoms with E-state index in [2.05, 4.69) is 24.1 Å². The van der Waals surface area contributed by atoms with Gasteiger partial charge in [-0.25, -0.2) is 0 Å². The lowest BCUT2D eigenvalue weighted by Gasteiger charge is -2.59. The summed E-state index contributed by atoms with van der Waals surface area (Å²) in [5, 5.41) is 11.4. The number of aliphatic hydroxyl groups excluding tert-OH is 1. The van der Waals surface area contributed by atoms with Crippen LogP contribution >= 0.6 is 0 Å². The number of methoxy groups -OCH3 is 2. The van der Waals surface area contributed by atoms with E-state index in [0.717, 1.165) is 30.9 Å². The Morgan fingerprint density at radius 1 is 1.33 bits per heavy atom. The molecule has 5 rings (SSSR count). The van der Waals surface area contributed by atoms with Gasteiger partial charge in [0.15, 0.2) is 11.5 Å². The average molecular weight is 373 g/mol. The minimum absolute atomic E-state index is 0.136. The van der Waals surface area contributed by atoms with E-state index < -0.39 is 17.8 Å². The summed E-state index contributed by atoms with van der Waals surface area (Å²) in [5.74, 6) is 1.52. The minimum atomic E-state index is -0.804. The van der Waals surface area contributed by atoms with Crippen LogP contribution in [0.5, 0.6) is 11.5 Å². The molecule has 0 saturated carbocycles. The fraction of sp³-hybridized carbons (Fsp3) is 0.619. The van der Waals surface area contributed by atoms with Crippen molar-refractivity contribution in [1.29, 1.82) is 0 Å². The van der Waals surface area contributed by atoms with E-state index >= 15 is 0 Å². The van der Waals surface area contributed by atoms with Crippen LogP contribution in [0.25, 0.3) is 0 Å². The predicted molar refractivity (Wildman–Crippen MR) is 99.3 cm³/mol. The van der Waals surface area contributed by atoms with Crippen LogP contribution in [-0.4, -0.2) is 68.5 Å². The van der Waals surface area contributed by atoms with Crippen LogP contribution in [0.1, 0.15) is 24.5 Å². The van der Waals surface area contributed by atoms with Crippen molar-refractivity contribution < 1.29 is 24.1 Å². The summed E-state index contributed by atoms with van der Waals surface area (Å²) < 4.78 is 23.1. The fourth-order valence-electron chi connectivity index (χ4n) is 5.93. The van der Waals surface area contributed by atoms with Crippen LogP contribution in [0.15, 0.2) is 23.8 Å². The van der Waals surface area contributed by atoms with E-state index in [1.165, 1.54) is 16.7 Å². The molecule has 1 aromatic carbocycles. The molecule has 2 heterocycles. The first kappa shape index (κ1) is 17.5. The Morgan fingerprint density at radius 3 is 2.89 bits per heavy atom. The molecular formula is C21H27NO5. The maximum atomic E-state index is 11.4. The molecule has 27 heavy (non-hydrogen) atoms. The number of likely N-dealkylation sites (N-methyl/N-ethyl adjacent to an activating group) is 1. The highest BCUT2D eigenvalue weighted by Gasteiger charge is 2.70. The van der Waals surface area contributed by atoms with E-state index in [4.69, 9.17) is 18.9 Å². The number of rotatable bonds is 4. The summed E-state index contributed by atoms with van der Waals surface area (Å²) in [6.07, 6.45) is 2.71. The lowest BCUT2D eigenvalue weighted by Crippen LogP contribution is -2.70. The van der Waals surface area contributed by atoms with Crippen molar-refractivity contribution in [2.45, 2.75) is 49.0 Å². The number of piperidine rings is 1. The lowest BCUT2D eigenvalue weighted by atomic mass is 9.51. The smallest absolute Gasteiger partial charge is 0.166 e. The normalized spacial score (nSPS) is 38.9. The molecule has 0 unspecified atom stereocenters. The van der Waals surface area contributed by atoms with Gasteiger partial charge >= 0.3 is 0 Å². The van der Waals surface area contributed by atoms with E-state index in [1.807, 2.05) is 13.0 Å². The third-order valence-corrected chi connectivity index (χ3v) is 7.25. The highest BCUT2D eigenvalue weighted by atomic mass is 16.7. The van der Waals surface area contributed by atoms with Crippen molar-refractivity contribution in [1.82, 2.24) is 4.90 Å². The zero-order valence-corrected chi connectivity index (χ0v) is 16.3. The van der Waals surface area contributed by atoms with Crippen molar-refractivity contribution >= 4 is 0 Å². The molecule has 1 saturated heterocycles. The number of aliphatic hydroxyl groups is 1. The molecule has 1 N–H and O–H groups in total. The number of hydrogen-bond donors (Lipinski definition) is 1. The van der Waals surface area contributed by atoms with E-state index in [0.29, 0.717) is 0 Å². The Hall–Kier alpha value is -1.60. The SMILES string of the molecule is COCO[C@@H]1C=C2[C@H]3Cc4ccc(OC)c5c4[C@]2(CCN3C)[C@@](C)(O5)[C@@H]1O. The first-order chi connectivity index (χ1) is 13.0. The second-order valence-corrected chi connectivity index (χ2v) is 8.30. The molecule has 6 heteroatoms. The monoisotopic (exact) mass is 373 g/mol. The lowest BCUT2D eigenvalue weighted by molar-refractivity contribution is -0.165. The molecule has 4 aliphatic rings. The Labute approximate surface area is 159 Å². The molecule has 2 aliphatic carbocycles. The summed E-state index contributed by atoms with van der Waals surface area (Å²) in [6, 6.07) is 4.44. The zero-order valence-electron chi connectivity index (χ0n) is 16.3. The highest BCUT2D eigenvalue weighted by Crippen LogP contribution is 2.66. The van der Waals surface area contributed by atoms with E-state index in [9.17, 15) is 5.11 Å². The van der Waals surface area contributed by atoms with Gasteiger partial charge in [-0.2, -0.15) is 0 Å². The quantitative estimate of drug-likeness (QED) is 0.640. The van der Waals surface area contributed by atoms with Gasteiger partial charge in [0.25, 0.3) is 0 Å². The fourth-order valence-corrected chi connectivity index (χ4v) is 5.93. The molecule has 1 fully saturated rings. The minimum Gasteiger partial charge on any atom is -0.493 e. The summed E-state index contributed by atoms with van der Waals surface area (Å²) in [6.45, 7) is 3.13. The molecular weight excluding hydrogens is 346 g/mol. The molecule has 6 nitrogen and oxygen atoms in total. The maximum Gasteiger partial charge on any atom is 0.166 e. The molecule has 0 amide bonds. The van der Waals surface area contributed by atoms with Gasteiger partial charge in [-0.05, 0) is 50.6 Å². The van der Waals surface area contributed by atoms with Gasteiger partial charge in [0.05, 0.1) is 12.5 Å². The Morgan fingerprint density at radius 2 is 2.15 bits per heavy atom. The molecule has 0 aromatic heterocycles. The molecule has 5 atom stereocenters. The second kappa shape index (κ2) is 5.70. The van der Waals surface area contributed by atoms with Crippen LogP contribution in [0.3, 0.4) is 0 Å². The van der Waals surface area contributed by atoms with Crippen molar-refractivity contribution in [2.75, 3.05) is 34.6 Å². The molecule has 146 valence electrons. The second-order valence-electron chi connectivity index (χ2n) is 8.30. The number of nitrogens with zero attached hydrogens (tertiary/aromatic N) is 1. The molecule has 0 radical (unpaired) electrons. The molecule has 2 aliphatic heterocycles. The van der Waals surface area contributed by atoms with Gasteiger partial charge < -0.3 is 24.1 Å². The van der Waals surface area contributed by atoms with Crippen molar-refractivity contribution in [3.05, 3.63) is 34.9 Å². The summed E-state index contributed by atoms with van der Waals surface area (Å²) in [5.41, 5.74) is 2.68. The summed E-state index contributed by atoms with van der Waals surface area (Å²) >= 11 is 0. The van der Waals surface area contributed by atoms with Crippen molar-refractivity contribution in [3.63, 3.8) is 0 Å². The van der Waals surface area contributed by atoms with E-state index in [-0.39, 0.29) is 18.2 Å². The third-order valence-electron chi connectivity index (χ3n) is 7.25. The van der Waals surface area contributed by atoms with Gasteiger partial charge in [0, 0.05) is 18.7 Å². The van der Waals surface area contributed by atoms with Gasteiger partial charge in [-0.1, -0.05) is 12.1 Å². The first-order valence-electron chi connectivity index (χ1n) is 9.58. The summed E-state index contributed by atoms with van der Waals surface area (Å²) in [4.78, 5) is 2.41. The van der Waals surface area contributed by atoms with Crippen LogP contribution < -0.4 is 9.47 Å². The average Bonchev–Trinajstić information content (AvgIpc) is 2.94. The Bertz CT molecular complexity index is 823. The molecule has 2 bridgehead atoms. The van der Waals surface area contributed by atoms with Crippen LogP contribution in [0, 0.1) is 0 Å². The number of benzene rings is 1. The topological polar surface area (TPSA) is 60.4 Å².